The average molecular weight is 114 g/mol. The van der Waals surface area contributed by atoms with Crippen LogP contribution in [-0.4, -0.2) is 17.8 Å². The number of nitriles is 1. The normalized spacial score (nSPS) is 12.1. The summed E-state index contributed by atoms with van der Waals surface area (Å²) in [7, 11) is 0. The van der Waals surface area contributed by atoms with Crippen LogP contribution in [0.5, 0.6) is 0 Å². The first kappa shape index (κ1) is 7.25. The van der Waals surface area contributed by atoms with Crippen LogP contribution in [0, 0.1) is 11.5 Å². The molecule has 46 valence electrons. The van der Waals surface area contributed by atoms with E-state index in [2.05, 4.69) is 5.32 Å². The van der Waals surface area contributed by atoms with E-state index in [0.29, 0.717) is 0 Å². The SMILES string of the molecule is CCC(CO)NC#N. The van der Waals surface area contributed by atoms with Crippen LogP contribution in [0.25, 0.3) is 0 Å². The molecule has 0 amide bonds. The van der Waals surface area contributed by atoms with Gasteiger partial charge in [-0.25, -0.2) is 0 Å². The molecule has 0 aromatic carbocycles. The second-order valence-corrected chi connectivity index (χ2v) is 1.54. The van der Waals surface area contributed by atoms with Crippen LogP contribution in [0.3, 0.4) is 0 Å². The molecule has 0 aliphatic rings. The predicted molar refractivity (Wildman–Crippen MR) is 29.9 cm³/mol. The van der Waals surface area contributed by atoms with Crippen LogP contribution in [0.1, 0.15) is 13.3 Å². The summed E-state index contributed by atoms with van der Waals surface area (Å²) in [4.78, 5) is 0. The van der Waals surface area contributed by atoms with Gasteiger partial charge in [-0.05, 0) is 6.42 Å². The number of nitrogens with zero attached hydrogens (tertiary/aromatic N) is 1. The largest absolute Gasteiger partial charge is 0.394 e. The maximum absolute atomic E-state index is 8.44. The van der Waals surface area contributed by atoms with E-state index in [4.69, 9.17) is 10.4 Å². The van der Waals surface area contributed by atoms with Crippen molar-refractivity contribution in [3.63, 3.8) is 0 Å². The molecule has 0 radical (unpaired) electrons. The third-order valence-electron chi connectivity index (χ3n) is 0.982. The van der Waals surface area contributed by atoms with E-state index in [1.165, 1.54) is 0 Å². The third kappa shape index (κ3) is 2.43. The van der Waals surface area contributed by atoms with Crippen LogP contribution in [0.2, 0.25) is 0 Å². The van der Waals surface area contributed by atoms with E-state index in [0.717, 1.165) is 6.42 Å². The van der Waals surface area contributed by atoms with Gasteiger partial charge in [0, 0.05) is 0 Å². The van der Waals surface area contributed by atoms with Gasteiger partial charge in [-0.3, -0.25) is 0 Å². The summed E-state index contributed by atoms with van der Waals surface area (Å²) in [6.07, 6.45) is 2.54. The summed E-state index contributed by atoms with van der Waals surface area (Å²) in [5.74, 6) is 0. The van der Waals surface area contributed by atoms with Crippen molar-refractivity contribution >= 4 is 0 Å². The van der Waals surface area contributed by atoms with Crippen molar-refractivity contribution in [3.8, 4) is 6.19 Å². The quantitative estimate of drug-likeness (QED) is 0.395. The van der Waals surface area contributed by atoms with Crippen LogP contribution in [0.4, 0.5) is 0 Å². The number of hydrogen-bond donors (Lipinski definition) is 2. The molecule has 0 saturated carbocycles. The number of aliphatic hydroxyl groups excluding tert-OH is 1. The second kappa shape index (κ2) is 4.41. The Morgan fingerprint density at radius 3 is 2.62 bits per heavy atom. The molecule has 1 atom stereocenters. The predicted octanol–water partition coefficient (Wildman–Crippen LogP) is -0.172. The Morgan fingerprint density at radius 1 is 1.88 bits per heavy atom. The van der Waals surface area contributed by atoms with Crippen LogP contribution >= 0.6 is 0 Å². The van der Waals surface area contributed by atoms with Gasteiger partial charge in [-0.1, -0.05) is 6.92 Å². The molecule has 3 heteroatoms. The van der Waals surface area contributed by atoms with Crippen molar-refractivity contribution in [1.29, 1.82) is 5.26 Å². The molecular formula is C5H10N2O. The fourth-order valence-corrected chi connectivity index (χ4v) is 0.368. The van der Waals surface area contributed by atoms with Crippen molar-refractivity contribution in [2.45, 2.75) is 19.4 Å². The smallest absolute Gasteiger partial charge is 0.176 e. The minimum absolute atomic E-state index is 0.0318. The Hall–Kier alpha value is -0.750. The van der Waals surface area contributed by atoms with Crippen molar-refractivity contribution in [2.24, 2.45) is 0 Å². The molecule has 0 rings (SSSR count). The van der Waals surface area contributed by atoms with Crippen molar-refractivity contribution in [1.82, 2.24) is 5.32 Å². The molecule has 0 saturated heterocycles. The van der Waals surface area contributed by atoms with E-state index in [1.807, 2.05) is 6.92 Å². The fourth-order valence-electron chi connectivity index (χ4n) is 0.368. The molecule has 0 spiro atoms. The first-order valence-electron chi connectivity index (χ1n) is 2.60. The monoisotopic (exact) mass is 114 g/mol. The minimum atomic E-state index is -0.0556. The van der Waals surface area contributed by atoms with Gasteiger partial charge in [0.1, 0.15) is 0 Å². The summed E-state index contributed by atoms with van der Waals surface area (Å²) in [5.41, 5.74) is 0. The summed E-state index contributed by atoms with van der Waals surface area (Å²) in [5, 5.41) is 18.9. The van der Waals surface area contributed by atoms with Gasteiger partial charge in [-0.2, -0.15) is 5.26 Å². The van der Waals surface area contributed by atoms with E-state index >= 15 is 0 Å². The van der Waals surface area contributed by atoms with Gasteiger partial charge in [0.2, 0.25) is 0 Å². The minimum Gasteiger partial charge on any atom is -0.394 e. The highest BCUT2D eigenvalue weighted by Gasteiger charge is 1.98. The molecule has 2 N–H and O–H groups in total. The molecule has 0 heterocycles. The highest BCUT2D eigenvalue weighted by atomic mass is 16.3. The van der Waals surface area contributed by atoms with Crippen molar-refractivity contribution in [2.75, 3.05) is 6.61 Å². The zero-order valence-corrected chi connectivity index (χ0v) is 4.89. The Morgan fingerprint density at radius 2 is 2.50 bits per heavy atom. The van der Waals surface area contributed by atoms with Gasteiger partial charge in [0.05, 0.1) is 12.6 Å². The Balaban J connectivity index is 3.25. The van der Waals surface area contributed by atoms with Crippen LogP contribution in [0.15, 0.2) is 0 Å². The maximum atomic E-state index is 8.44. The van der Waals surface area contributed by atoms with Crippen molar-refractivity contribution in [3.05, 3.63) is 0 Å². The van der Waals surface area contributed by atoms with Crippen LogP contribution in [-0.2, 0) is 0 Å². The van der Waals surface area contributed by atoms with E-state index in [1.54, 1.807) is 6.19 Å². The first-order valence-corrected chi connectivity index (χ1v) is 2.60. The molecule has 1 unspecified atom stereocenters. The molecule has 0 aromatic rings. The third-order valence-corrected chi connectivity index (χ3v) is 0.982. The zero-order chi connectivity index (χ0) is 6.41. The molecule has 0 aliphatic heterocycles. The van der Waals surface area contributed by atoms with Gasteiger partial charge in [0.15, 0.2) is 6.19 Å². The van der Waals surface area contributed by atoms with E-state index < -0.39 is 0 Å². The van der Waals surface area contributed by atoms with Gasteiger partial charge < -0.3 is 10.4 Å². The molecule has 0 aromatic heterocycles. The lowest BCUT2D eigenvalue weighted by Gasteiger charge is -2.06. The number of aliphatic hydroxyl groups is 1. The average Bonchev–Trinajstić information content (AvgIpc) is 1.83. The lowest BCUT2D eigenvalue weighted by atomic mass is 10.2. The summed E-state index contributed by atoms with van der Waals surface area (Å²) >= 11 is 0. The van der Waals surface area contributed by atoms with Crippen LogP contribution < -0.4 is 5.32 Å². The first-order chi connectivity index (χ1) is 3.85. The lowest BCUT2D eigenvalue weighted by molar-refractivity contribution is 0.250. The maximum Gasteiger partial charge on any atom is 0.176 e. The Kier molecular flexibility index (Phi) is 4.00. The summed E-state index contributed by atoms with van der Waals surface area (Å²) in [6, 6.07) is -0.0556. The molecule has 0 fully saturated rings. The van der Waals surface area contributed by atoms with Gasteiger partial charge >= 0.3 is 0 Å². The van der Waals surface area contributed by atoms with Crippen molar-refractivity contribution < 1.29 is 5.11 Å². The molecule has 0 aliphatic carbocycles. The molecule has 8 heavy (non-hydrogen) atoms. The second-order valence-electron chi connectivity index (χ2n) is 1.54. The van der Waals surface area contributed by atoms with E-state index in [-0.39, 0.29) is 12.6 Å². The van der Waals surface area contributed by atoms with E-state index in [9.17, 15) is 0 Å². The zero-order valence-electron chi connectivity index (χ0n) is 4.89. The molecular weight excluding hydrogens is 104 g/mol. The van der Waals surface area contributed by atoms with Gasteiger partial charge in [-0.15, -0.1) is 0 Å². The number of nitrogens with one attached hydrogen (secondary N) is 1. The highest BCUT2D eigenvalue weighted by Crippen LogP contribution is 1.85. The topological polar surface area (TPSA) is 56.0 Å². The summed E-state index contributed by atoms with van der Waals surface area (Å²) < 4.78 is 0. The van der Waals surface area contributed by atoms with Gasteiger partial charge in [0.25, 0.3) is 0 Å². The number of rotatable bonds is 3. The lowest BCUT2D eigenvalue weighted by Crippen LogP contribution is -2.27. The molecule has 3 nitrogen and oxygen atoms in total. The Labute approximate surface area is 48.9 Å². The standard InChI is InChI=1S/C5H10N2O/c1-2-5(3-8)7-4-6/h5,7-8H,2-3H2,1H3. The fraction of sp³-hybridized carbons (Fsp3) is 0.800. The molecule has 0 bridgehead atoms. The summed E-state index contributed by atoms with van der Waals surface area (Å²) in [6.45, 7) is 1.94. The highest BCUT2D eigenvalue weighted by molar-refractivity contribution is 4.73. The Bertz CT molecular complexity index is 82.9. The number of hydrogen-bond acceptors (Lipinski definition) is 3.